The van der Waals surface area contributed by atoms with Crippen molar-refractivity contribution < 1.29 is 14.7 Å². The van der Waals surface area contributed by atoms with Gasteiger partial charge in [0, 0.05) is 17.8 Å². The first kappa shape index (κ1) is 14.4. The largest absolute Gasteiger partial charge is 0.478 e. The van der Waals surface area contributed by atoms with Crippen LogP contribution in [0.25, 0.3) is 0 Å². The van der Waals surface area contributed by atoms with Gasteiger partial charge in [0.2, 0.25) is 0 Å². The fourth-order valence-corrected chi connectivity index (χ4v) is 2.76. The summed E-state index contributed by atoms with van der Waals surface area (Å²) in [7, 11) is 0. The molecule has 1 aliphatic heterocycles. The van der Waals surface area contributed by atoms with Crippen molar-refractivity contribution in [2.45, 2.75) is 45.2 Å². The maximum absolute atomic E-state index is 12.3. The van der Waals surface area contributed by atoms with Crippen molar-refractivity contribution in [1.82, 2.24) is 4.90 Å². The van der Waals surface area contributed by atoms with Gasteiger partial charge in [0.15, 0.2) is 0 Å². The van der Waals surface area contributed by atoms with Crippen molar-refractivity contribution in [2.24, 2.45) is 0 Å². The third kappa shape index (κ3) is 2.92. The predicted octanol–water partition coefficient (Wildman–Crippen LogP) is 3.18. The van der Waals surface area contributed by atoms with Gasteiger partial charge in [-0.15, -0.1) is 0 Å². The number of amides is 2. The van der Waals surface area contributed by atoms with Crippen LogP contribution in [0, 0.1) is 0 Å². The Morgan fingerprint density at radius 1 is 1.40 bits per heavy atom. The van der Waals surface area contributed by atoms with Crippen LogP contribution in [0.4, 0.5) is 10.5 Å². The number of benzene rings is 1. The van der Waals surface area contributed by atoms with Crippen molar-refractivity contribution in [3.8, 4) is 0 Å². The Morgan fingerprint density at radius 3 is 2.80 bits per heavy atom. The van der Waals surface area contributed by atoms with E-state index < -0.39 is 5.97 Å². The summed E-state index contributed by atoms with van der Waals surface area (Å²) >= 11 is 0. The summed E-state index contributed by atoms with van der Waals surface area (Å²) < 4.78 is 0. The van der Waals surface area contributed by atoms with Crippen LogP contribution in [0.15, 0.2) is 24.3 Å². The average Bonchev–Trinajstić information content (AvgIpc) is 2.80. The molecule has 2 N–H and O–H groups in total. The van der Waals surface area contributed by atoms with Gasteiger partial charge in [0.05, 0.1) is 5.56 Å². The smallest absolute Gasteiger partial charge is 0.335 e. The number of likely N-dealkylation sites (tertiary alicyclic amines) is 1. The third-order valence-corrected chi connectivity index (χ3v) is 3.85. The van der Waals surface area contributed by atoms with E-state index in [0.717, 1.165) is 19.3 Å². The van der Waals surface area contributed by atoms with Gasteiger partial charge in [-0.3, -0.25) is 0 Å². The lowest BCUT2D eigenvalue weighted by Crippen LogP contribution is -2.42. The van der Waals surface area contributed by atoms with Crippen LogP contribution in [-0.2, 0) is 0 Å². The number of anilines is 1. The van der Waals surface area contributed by atoms with Gasteiger partial charge in [-0.1, -0.05) is 13.0 Å². The van der Waals surface area contributed by atoms with Gasteiger partial charge in [-0.2, -0.15) is 0 Å². The number of nitrogens with zero attached hydrogens (tertiary/aromatic N) is 1. The predicted molar refractivity (Wildman–Crippen MR) is 77.0 cm³/mol. The average molecular weight is 276 g/mol. The normalized spacial score (nSPS) is 21.8. The molecule has 20 heavy (non-hydrogen) atoms. The van der Waals surface area contributed by atoms with Crippen LogP contribution in [0.5, 0.6) is 0 Å². The first-order valence-electron chi connectivity index (χ1n) is 6.95. The highest BCUT2D eigenvalue weighted by molar-refractivity contribution is 5.93. The van der Waals surface area contributed by atoms with E-state index in [9.17, 15) is 9.59 Å². The van der Waals surface area contributed by atoms with E-state index in [-0.39, 0.29) is 23.7 Å². The highest BCUT2D eigenvalue weighted by Gasteiger charge is 2.33. The molecular weight excluding hydrogens is 256 g/mol. The summed E-state index contributed by atoms with van der Waals surface area (Å²) in [5.74, 6) is -0.998. The van der Waals surface area contributed by atoms with Gasteiger partial charge in [-0.25, -0.2) is 9.59 Å². The first-order chi connectivity index (χ1) is 9.52. The van der Waals surface area contributed by atoms with Crippen LogP contribution >= 0.6 is 0 Å². The van der Waals surface area contributed by atoms with Crippen molar-refractivity contribution in [1.29, 1.82) is 0 Å². The Labute approximate surface area is 118 Å². The van der Waals surface area contributed by atoms with Crippen molar-refractivity contribution in [3.63, 3.8) is 0 Å². The molecule has 5 nitrogen and oxygen atoms in total. The molecule has 108 valence electrons. The topological polar surface area (TPSA) is 69.6 Å². The maximum atomic E-state index is 12.3. The summed E-state index contributed by atoms with van der Waals surface area (Å²) in [6.07, 6.45) is 2.98. The Morgan fingerprint density at radius 2 is 2.15 bits per heavy atom. The highest BCUT2D eigenvalue weighted by atomic mass is 16.4. The molecule has 2 rings (SSSR count). The van der Waals surface area contributed by atoms with Gasteiger partial charge in [0.1, 0.15) is 0 Å². The molecule has 1 saturated heterocycles. The lowest BCUT2D eigenvalue weighted by atomic mass is 10.1. The second-order valence-electron chi connectivity index (χ2n) is 5.21. The van der Waals surface area contributed by atoms with Gasteiger partial charge < -0.3 is 15.3 Å². The first-order valence-corrected chi connectivity index (χ1v) is 6.95. The number of hydrogen-bond donors (Lipinski definition) is 2. The summed E-state index contributed by atoms with van der Waals surface area (Å²) in [6.45, 7) is 4.12. The third-order valence-electron chi connectivity index (χ3n) is 3.85. The fourth-order valence-electron chi connectivity index (χ4n) is 2.76. The maximum Gasteiger partial charge on any atom is 0.335 e. The van der Waals surface area contributed by atoms with E-state index >= 15 is 0 Å². The number of carboxylic acids is 1. The molecule has 5 heteroatoms. The molecule has 0 saturated carbocycles. The standard InChI is InChI=1S/C15H20N2O3/c1-3-13-8-7-10(2)17(13)15(20)16-12-6-4-5-11(9-12)14(18)19/h4-6,9-10,13H,3,7-8H2,1-2H3,(H,16,20)(H,18,19). The molecule has 2 atom stereocenters. The highest BCUT2D eigenvalue weighted by Crippen LogP contribution is 2.26. The molecule has 1 aliphatic rings. The zero-order valence-corrected chi connectivity index (χ0v) is 11.8. The summed E-state index contributed by atoms with van der Waals surface area (Å²) in [5.41, 5.74) is 0.688. The number of carbonyl (C=O) groups is 2. The van der Waals surface area contributed by atoms with E-state index in [2.05, 4.69) is 12.2 Å². The van der Waals surface area contributed by atoms with Crippen LogP contribution in [0.1, 0.15) is 43.5 Å². The number of carboxylic acid groups (broad SMARTS) is 1. The lowest BCUT2D eigenvalue weighted by molar-refractivity contribution is 0.0697. The van der Waals surface area contributed by atoms with Gasteiger partial charge in [-0.05, 0) is 44.4 Å². The molecule has 0 aromatic heterocycles. The zero-order valence-electron chi connectivity index (χ0n) is 11.8. The van der Waals surface area contributed by atoms with Crippen molar-refractivity contribution in [3.05, 3.63) is 29.8 Å². The van der Waals surface area contributed by atoms with Crippen LogP contribution in [0.3, 0.4) is 0 Å². The van der Waals surface area contributed by atoms with E-state index in [1.807, 2.05) is 11.8 Å². The Bertz CT molecular complexity index is 516. The molecule has 2 amide bonds. The molecule has 0 radical (unpaired) electrons. The zero-order chi connectivity index (χ0) is 14.7. The summed E-state index contributed by atoms with van der Waals surface area (Å²) in [4.78, 5) is 25.1. The number of carbonyl (C=O) groups excluding carboxylic acids is 1. The number of nitrogens with one attached hydrogen (secondary N) is 1. The van der Waals surface area contributed by atoms with Crippen molar-refractivity contribution in [2.75, 3.05) is 5.32 Å². The minimum Gasteiger partial charge on any atom is -0.478 e. The molecule has 0 spiro atoms. The second-order valence-corrected chi connectivity index (χ2v) is 5.21. The van der Waals surface area contributed by atoms with Gasteiger partial charge in [0.25, 0.3) is 0 Å². The minimum absolute atomic E-state index is 0.149. The second kappa shape index (κ2) is 5.94. The number of rotatable bonds is 3. The molecule has 1 fully saturated rings. The number of hydrogen-bond acceptors (Lipinski definition) is 2. The Hall–Kier alpha value is -2.04. The van der Waals surface area contributed by atoms with Crippen LogP contribution in [-0.4, -0.2) is 34.1 Å². The van der Waals surface area contributed by atoms with Crippen LogP contribution in [0.2, 0.25) is 0 Å². The van der Waals surface area contributed by atoms with E-state index in [0.29, 0.717) is 5.69 Å². The lowest BCUT2D eigenvalue weighted by Gasteiger charge is -2.28. The van der Waals surface area contributed by atoms with E-state index in [1.54, 1.807) is 12.1 Å². The van der Waals surface area contributed by atoms with E-state index in [1.165, 1.54) is 12.1 Å². The minimum atomic E-state index is -0.998. The summed E-state index contributed by atoms with van der Waals surface area (Å²) in [5, 5.41) is 11.8. The van der Waals surface area contributed by atoms with E-state index in [4.69, 9.17) is 5.11 Å². The van der Waals surface area contributed by atoms with Crippen LogP contribution < -0.4 is 5.32 Å². The number of urea groups is 1. The molecule has 0 aliphatic carbocycles. The molecule has 1 heterocycles. The molecule has 2 unspecified atom stereocenters. The fraction of sp³-hybridized carbons (Fsp3) is 0.467. The molecular formula is C15H20N2O3. The van der Waals surface area contributed by atoms with Crippen molar-refractivity contribution >= 4 is 17.7 Å². The quantitative estimate of drug-likeness (QED) is 0.890. The Balaban J connectivity index is 2.11. The summed E-state index contributed by atoms with van der Waals surface area (Å²) in [6, 6.07) is 6.66. The SMILES string of the molecule is CCC1CCC(C)N1C(=O)Nc1cccc(C(=O)O)c1. The number of aromatic carboxylic acids is 1. The van der Waals surface area contributed by atoms with Gasteiger partial charge >= 0.3 is 12.0 Å². The molecule has 1 aromatic carbocycles. The Kier molecular flexibility index (Phi) is 4.27. The monoisotopic (exact) mass is 276 g/mol. The molecule has 0 bridgehead atoms. The molecule has 1 aromatic rings.